The first-order chi connectivity index (χ1) is 21.0. The molecule has 2 saturated carbocycles. The molecule has 1 aromatic heterocycles. The standard InChI is InChI=1S/C32H39Cl2FN4O5S/c1-29(2)11-13-31(14-12-29)32(21-5-4-18(33)16-22(21)38-28(32)41)23(20-8-15-36-26(34)24(20)35)25(39-31)27(40)37-19-6-9-30(42,10-7-19)17-45(3,43)44/h4-5,8,15-16,19,23,25,39,42H,6-7,9-14,17H2,1-3H3,(H,37,40)(H,38,41)/t19-,23-,25+,30+,32+/m0/s1. The number of pyridine rings is 1. The van der Waals surface area contributed by atoms with Gasteiger partial charge in [-0.3, -0.25) is 14.9 Å². The van der Waals surface area contributed by atoms with Gasteiger partial charge >= 0.3 is 0 Å². The third-order valence-electron chi connectivity index (χ3n) is 10.7. The molecule has 13 heteroatoms. The summed E-state index contributed by atoms with van der Waals surface area (Å²) in [5.74, 6) is -2.85. The summed E-state index contributed by atoms with van der Waals surface area (Å²) in [7, 11) is -3.40. The lowest BCUT2D eigenvalue weighted by atomic mass is 9.53. The highest BCUT2D eigenvalue weighted by Crippen LogP contribution is 2.64. The Balaban J connectivity index is 1.44. The van der Waals surface area contributed by atoms with Crippen LogP contribution in [-0.2, 0) is 24.8 Å². The van der Waals surface area contributed by atoms with Crippen LogP contribution in [0.4, 0.5) is 10.1 Å². The molecule has 244 valence electrons. The maximum Gasteiger partial charge on any atom is 0.238 e. The van der Waals surface area contributed by atoms with E-state index in [1.54, 1.807) is 18.2 Å². The molecule has 0 radical (unpaired) electrons. The molecule has 1 aromatic carbocycles. The van der Waals surface area contributed by atoms with Crippen molar-refractivity contribution in [3.05, 3.63) is 57.6 Å². The number of fused-ring (bicyclic) bond motifs is 3. The Bertz CT molecular complexity index is 1650. The molecule has 0 unspecified atom stereocenters. The number of carbonyl (C=O) groups excluding carboxylic acids is 2. The fourth-order valence-electron chi connectivity index (χ4n) is 8.55. The van der Waals surface area contributed by atoms with E-state index in [4.69, 9.17) is 23.2 Å². The Morgan fingerprint density at radius 1 is 1.11 bits per heavy atom. The summed E-state index contributed by atoms with van der Waals surface area (Å²) in [6.07, 6.45) is 6.34. The zero-order chi connectivity index (χ0) is 32.6. The molecule has 2 spiro atoms. The second kappa shape index (κ2) is 11.1. The fraction of sp³-hybridized carbons (Fsp3) is 0.594. The van der Waals surface area contributed by atoms with E-state index in [0.29, 0.717) is 42.0 Å². The Morgan fingerprint density at radius 3 is 2.42 bits per heavy atom. The molecule has 0 bridgehead atoms. The number of nitrogens with zero attached hydrogens (tertiary/aromatic N) is 1. The van der Waals surface area contributed by atoms with Crippen LogP contribution in [-0.4, -0.2) is 65.6 Å². The van der Waals surface area contributed by atoms with E-state index in [-0.39, 0.29) is 46.7 Å². The molecule has 4 aliphatic rings. The minimum atomic E-state index is -3.40. The van der Waals surface area contributed by atoms with Gasteiger partial charge in [-0.2, -0.15) is 0 Å². The van der Waals surface area contributed by atoms with Crippen LogP contribution in [0.3, 0.4) is 0 Å². The number of aliphatic hydroxyl groups is 1. The van der Waals surface area contributed by atoms with Crippen LogP contribution in [0.15, 0.2) is 30.5 Å². The number of benzene rings is 1. The Hall–Kier alpha value is -2.31. The number of anilines is 1. The Labute approximate surface area is 273 Å². The SMILES string of the molecule is CC1(C)CCC2(CC1)N[C@@H](C(=O)N[C@H]1CC[C@](O)(CS(C)(=O)=O)CC1)[C@H](c1ccnc(Cl)c1F)[C@]21C(=O)Nc2cc(Cl)ccc21. The van der Waals surface area contributed by atoms with Crippen molar-refractivity contribution >= 4 is 50.5 Å². The van der Waals surface area contributed by atoms with Crippen LogP contribution in [0.5, 0.6) is 0 Å². The zero-order valence-corrected chi connectivity index (χ0v) is 27.9. The monoisotopic (exact) mass is 680 g/mol. The number of hydrogen-bond acceptors (Lipinski definition) is 7. The second-order valence-corrected chi connectivity index (χ2v) is 17.3. The number of carbonyl (C=O) groups is 2. The molecule has 6 rings (SSSR count). The summed E-state index contributed by atoms with van der Waals surface area (Å²) in [5, 5.41) is 20.7. The van der Waals surface area contributed by atoms with Gasteiger partial charge in [0.15, 0.2) is 11.0 Å². The minimum Gasteiger partial charge on any atom is -0.389 e. The lowest BCUT2D eigenvalue weighted by Crippen LogP contribution is -2.61. The van der Waals surface area contributed by atoms with Gasteiger partial charge in [0.2, 0.25) is 11.8 Å². The van der Waals surface area contributed by atoms with Gasteiger partial charge in [-0.05, 0) is 86.1 Å². The number of amides is 2. The van der Waals surface area contributed by atoms with Crippen molar-refractivity contribution in [1.29, 1.82) is 0 Å². The first kappa shape index (κ1) is 32.6. The largest absolute Gasteiger partial charge is 0.389 e. The van der Waals surface area contributed by atoms with Crippen LogP contribution < -0.4 is 16.0 Å². The van der Waals surface area contributed by atoms with E-state index >= 15 is 4.39 Å². The van der Waals surface area contributed by atoms with Crippen molar-refractivity contribution in [2.45, 2.75) is 99.8 Å². The molecule has 2 amide bonds. The van der Waals surface area contributed by atoms with Crippen molar-refractivity contribution in [2.24, 2.45) is 5.41 Å². The van der Waals surface area contributed by atoms with Gasteiger partial charge in [-0.15, -0.1) is 0 Å². The third-order valence-corrected chi connectivity index (χ3v) is 12.3. The smallest absolute Gasteiger partial charge is 0.238 e. The molecular formula is C32H39Cl2FN4O5S. The summed E-state index contributed by atoms with van der Waals surface area (Å²) >= 11 is 12.6. The molecule has 2 aliphatic heterocycles. The van der Waals surface area contributed by atoms with Gasteiger partial charge in [-0.25, -0.2) is 17.8 Å². The van der Waals surface area contributed by atoms with Crippen LogP contribution in [0.2, 0.25) is 10.2 Å². The van der Waals surface area contributed by atoms with E-state index < -0.39 is 50.1 Å². The summed E-state index contributed by atoms with van der Waals surface area (Å²) in [4.78, 5) is 32.9. The number of nitrogens with one attached hydrogen (secondary N) is 3. The van der Waals surface area contributed by atoms with Crippen molar-refractivity contribution in [3.8, 4) is 0 Å². The third kappa shape index (κ3) is 5.56. The maximum absolute atomic E-state index is 16.1. The lowest BCUT2D eigenvalue weighted by Gasteiger charge is -2.50. The molecule has 45 heavy (non-hydrogen) atoms. The Morgan fingerprint density at radius 2 is 1.78 bits per heavy atom. The second-order valence-electron chi connectivity index (χ2n) is 14.4. The Kier molecular flexibility index (Phi) is 8.08. The molecule has 3 atom stereocenters. The molecule has 1 saturated heterocycles. The lowest BCUT2D eigenvalue weighted by molar-refractivity contribution is -0.125. The molecule has 2 aliphatic carbocycles. The first-order valence-electron chi connectivity index (χ1n) is 15.4. The highest BCUT2D eigenvalue weighted by atomic mass is 35.5. The average molecular weight is 682 g/mol. The number of aromatic nitrogens is 1. The van der Waals surface area contributed by atoms with Crippen LogP contribution in [0, 0.1) is 11.2 Å². The molecule has 3 heterocycles. The van der Waals surface area contributed by atoms with Crippen LogP contribution in [0.1, 0.15) is 82.3 Å². The van der Waals surface area contributed by atoms with E-state index in [0.717, 1.165) is 19.1 Å². The maximum atomic E-state index is 16.1. The number of halogens is 3. The first-order valence-corrected chi connectivity index (χ1v) is 18.2. The summed E-state index contributed by atoms with van der Waals surface area (Å²) in [5.41, 5.74) is -2.31. The molecule has 9 nitrogen and oxygen atoms in total. The van der Waals surface area contributed by atoms with Gasteiger partial charge < -0.3 is 15.7 Å². The number of rotatable bonds is 5. The zero-order valence-electron chi connectivity index (χ0n) is 25.6. The van der Waals surface area contributed by atoms with Gasteiger partial charge in [0, 0.05) is 40.7 Å². The summed E-state index contributed by atoms with van der Waals surface area (Å²) in [6, 6.07) is 5.33. The predicted octanol–water partition coefficient (Wildman–Crippen LogP) is 4.65. The van der Waals surface area contributed by atoms with Crippen LogP contribution in [0.25, 0.3) is 0 Å². The highest BCUT2D eigenvalue weighted by molar-refractivity contribution is 7.90. The minimum absolute atomic E-state index is 0.0119. The molecular weight excluding hydrogens is 642 g/mol. The van der Waals surface area contributed by atoms with Crippen molar-refractivity contribution < 1.29 is 27.5 Å². The fourth-order valence-corrected chi connectivity index (χ4v) is 10.2. The predicted molar refractivity (Wildman–Crippen MR) is 171 cm³/mol. The normalized spacial score (nSPS) is 32.0. The quantitative estimate of drug-likeness (QED) is 0.338. The topological polar surface area (TPSA) is 137 Å². The molecule has 2 aromatic rings. The number of hydrogen-bond donors (Lipinski definition) is 4. The van der Waals surface area contributed by atoms with E-state index in [1.807, 2.05) is 0 Å². The molecule has 3 fully saturated rings. The highest BCUT2D eigenvalue weighted by Gasteiger charge is 2.73. The molecule has 4 N–H and O–H groups in total. The summed E-state index contributed by atoms with van der Waals surface area (Å²) < 4.78 is 39.8. The van der Waals surface area contributed by atoms with E-state index in [9.17, 15) is 23.1 Å². The summed E-state index contributed by atoms with van der Waals surface area (Å²) in [6.45, 7) is 4.36. The van der Waals surface area contributed by atoms with Gasteiger partial charge in [-0.1, -0.05) is 43.1 Å². The van der Waals surface area contributed by atoms with E-state index in [2.05, 4.69) is 34.8 Å². The van der Waals surface area contributed by atoms with Crippen LogP contribution >= 0.6 is 23.2 Å². The van der Waals surface area contributed by atoms with Gasteiger partial charge in [0.1, 0.15) is 15.3 Å². The average Bonchev–Trinajstić information content (AvgIpc) is 3.40. The van der Waals surface area contributed by atoms with Crippen molar-refractivity contribution in [3.63, 3.8) is 0 Å². The van der Waals surface area contributed by atoms with Crippen molar-refractivity contribution in [2.75, 3.05) is 17.3 Å². The van der Waals surface area contributed by atoms with Gasteiger partial charge in [0.05, 0.1) is 17.4 Å². The van der Waals surface area contributed by atoms with Gasteiger partial charge in [0.25, 0.3) is 0 Å². The number of sulfone groups is 1. The van der Waals surface area contributed by atoms with Crippen molar-refractivity contribution in [1.82, 2.24) is 15.6 Å². The van der Waals surface area contributed by atoms with E-state index in [1.165, 1.54) is 12.3 Å².